The summed E-state index contributed by atoms with van der Waals surface area (Å²) in [7, 11) is 0. The van der Waals surface area contributed by atoms with Gasteiger partial charge in [-0.05, 0) is 62.5 Å². The summed E-state index contributed by atoms with van der Waals surface area (Å²) < 4.78 is 5.93. The molecular weight excluding hydrogens is 374 g/mol. The van der Waals surface area contributed by atoms with Crippen molar-refractivity contribution in [3.05, 3.63) is 48.0 Å². The number of allylic oxidation sites excluding steroid dienone is 1. The summed E-state index contributed by atoms with van der Waals surface area (Å²) in [4.78, 5) is 15.1. The van der Waals surface area contributed by atoms with Gasteiger partial charge in [0.15, 0.2) is 0 Å². The van der Waals surface area contributed by atoms with Gasteiger partial charge in [-0.3, -0.25) is 9.69 Å². The maximum atomic E-state index is 12.9. The Bertz CT molecular complexity index is 789. The van der Waals surface area contributed by atoms with Gasteiger partial charge in [-0.15, -0.1) is 0 Å². The molecule has 0 spiro atoms. The van der Waals surface area contributed by atoms with Gasteiger partial charge in [-0.2, -0.15) is 0 Å². The lowest BCUT2D eigenvalue weighted by molar-refractivity contribution is -0.146. The minimum atomic E-state index is -0.956. The molecule has 3 fully saturated rings. The third-order valence-corrected chi connectivity index (χ3v) is 8.15. The number of benzene rings is 1. The average molecular weight is 412 g/mol. The first-order valence-electron chi connectivity index (χ1n) is 11.6. The molecule has 0 aromatic heterocycles. The van der Waals surface area contributed by atoms with Gasteiger partial charge in [0.1, 0.15) is 6.10 Å². The average Bonchev–Trinajstić information content (AvgIpc) is 3.00. The van der Waals surface area contributed by atoms with Crippen molar-refractivity contribution in [1.29, 1.82) is 0 Å². The van der Waals surface area contributed by atoms with Crippen LogP contribution in [-0.4, -0.2) is 41.7 Å². The summed E-state index contributed by atoms with van der Waals surface area (Å²) in [5.74, 6) is 0.615. The van der Waals surface area contributed by atoms with Gasteiger partial charge in [0.25, 0.3) is 0 Å². The topological polar surface area (TPSA) is 49.8 Å². The molecule has 2 aliphatic carbocycles. The van der Waals surface area contributed by atoms with E-state index < -0.39 is 5.60 Å². The van der Waals surface area contributed by atoms with E-state index in [-0.39, 0.29) is 29.3 Å². The van der Waals surface area contributed by atoms with E-state index in [0.717, 1.165) is 31.4 Å². The zero-order valence-corrected chi connectivity index (χ0v) is 18.8. The van der Waals surface area contributed by atoms with Gasteiger partial charge in [0, 0.05) is 19.0 Å². The summed E-state index contributed by atoms with van der Waals surface area (Å²) in [6, 6.07) is 9.79. The number of nitrogens with zero attached hydrogens (tertiary/aromatic N) is 1. The largest absolute Gasteiger partial charge is 0.462 e. The second kappa shape index (κ2) is 8.12. The Morgan fingerprint density at radius 3 is 2.77 bits per heavy atom. The van der Waals surface area contributed by atoms with E-state index in [1.54, 1.807) is 0 Å². The standard InChI is InChI=1S/C26H37NO3/c1-5-27(17-26(4,29)19-11-7-6-8-12-19)16-21-20-14-22-18(2)10-9-13-25(22,3)15-23(20)30-24(21)28/h6-8,11-12,20-23,29H,2,5,9-10,13-17H2,1,3-4H3/t20-,21+,22+,23+,25+,26-/m1/s1. The summed E-state index contributed by atoms with van der Waals surface area (Å²) in [5.41, 5.74) is 1.55. The number of hydrogen-bond acceptors (Lipinski definition) is 4. The smallest absolute Gasteiger partial charge is 0.310 e. The second-order valence-electron chi connectivity index (χ2n) is 10.4. The Labute approximate surface area is 181 Å². The van der Waals surface area contributed by atoms with E-state index >= 15 is 0 Å². The third-order valence-electron chi connectivity index (χ3n) is 8.15. The fourth-order valence-electron chi connectivity index (χ4n) is 6.37. The third kappa shape index (κ3) is 3.97. The molecule has 1 saturated heterocycles. The van der Waals surface area contributed by atoms with Crippen LogP contribution in [0.2, 0.25) is 0 Å². The zero-order chi connectivity index (χ0) is 21.5. The fraction of sp³-hybridized carbons (Fsp3) is 0.654. The molecule has 0 amide bonds. The quantitative estimate of drug-likeness (QED) is 0.552. The number of rotatable bonds is 6. The van der Waals surface area contributed by atoms with Crippen molar-refractivity contribution in [2.75, 3.05) is 19.6 Å². The molecule has 164 valence electrons. The molecular formula is C26H37NO3. The molecule has 1 aromatic rings. The molecule has 1 aliphatic heterocycles. The van der Waals surface area contributed by atoms with Crippen LogP contribution in [0.15, 0.2) is 42.5 Å². The highest BCUT2D eigenvalue weighted by Crippen LogP contribution is 2.56. The Kier molecular flexibility index (Phi) is 5.84. The minimum absolute atomic E-state index is 0.0444. The van der Waals surface area contributed by atoms with Gasteiger partial charge in [0.2, 0.25) is 0 Å². The Morgan fingerprint density at radius 1 is 1.33 bits per heavy atom. The minimum Gasteiger partial charge on any atom is -0.462 e. The number of hydrogen-bond donors (Lipinski definition) is 1. The highest BCUT2D eigenvalue weighted by molar-refractivity contribution is 5.75. The van der Waals surface area contributed by atoms with E-state index in [1.807, 2.05) is 37.3 Å². The van der Waals surface area contributed by atoms with Crippen LogP contribution in [-0.2, 0) is 15.1 Å². The predicted molar refractivity (Wildman–Crippen MR) is 119 cm³/mol. The normalized spacial score (nSPS) is 35.5. The number of esters is 1. The summed E-state index contributed by atoms with van der Waals surface area (Å²) in [6.45, 7) is 12.7. The molecule has 1 heterocycles. The summed E-state index contributed by atoms with van der Waals surface area (Å²) >= 11 is 0. The first-order valence-corrected chi connectivity index (χ1v) is 11.6. The van der Waals surface area contributed by atoms with Gasteiger partial charge >= 0.3 is 5.97 Å². The highest BCUT2D eigenvalue weighted by atomic mass is 16.6. The predicted octanol–water partition coefficient (Wildman–Crippen LogP) is 4.53. The van der Waals surface area contributed by atoms with Crippen LogP contribution in [0.25, 0.3) is 0 Å². The second-order valence-corrected chi connectivity index (χ2v) is 10.4. The van der Waals surface area contributed by atoms with Crippen molar-refractivity contribution < 1.29 is 14.6 Å². The zero-order valence-electron chi connectivity index (χ0n) is 18.8. The number of aliphatic hydroxyl groups is 1. The molecule has 0 bridgehead atoms. The van der Waals surface area contributed by atoms with Crippen LogP contribution in [0.3, 0.4) is 0 Å². The lowest BCUT2D eigenvalue weighted by Gasteiger charge is -2.50. The van der Waals surface area contributed by atoms with Crippen LogP contribution in [0, 0.1) is 23.2 Å². The molecule has 30 heavy (non-hydrogen) atoms. The van der Waals surface area contributed by atoms with Crippen molar-refractivity contribution in [1.82, 2.24) is 4.90 Å². The molecule has 4 rings (SSSR count). The molecule has 0 unspecified atom stereocenters. The van der Waals surface area contributed by atoms with Crippen LogP contribution >= 0.6 is 0 Å². The van der Waals surface area contributed by atoms with Crippen molar-refractivity contribution >= 4 is 5.97 Å². The molecule has 1 aromatic carbocycles. The van der Waals surface area contributed by atoms with Crippen LogP contribution in [0.4, 0.5) is 0 Å². The lowest BCUT2D eigenvalue weighted by atomic mass is 9.55. The molecule has 6 atom stereocenters. The lowest BCUT2D eigenvalue weighted by Crippen LogP contribution is -2.47. The molecule has 4 nitrogen and oxygen atoms in total. The number of carbonyl (C=O) groups is 1. The van der Waals surface area contributed by atoms with E-state index in [0.29, 0.717) is 19.0 Å². The van der Waals surface area contributed by atoms with Crippen molar-refractivity contribution in [2.45, 2.75) is 64.6 Å². The van der Waals surface area contributed by atoms with Gasteiger partial charge in [-0.1, -0.05) is 56.3 Å². The van der Waals surface area contributed by atoms with Crippen molar-refractivity contribution in [2.24, 2.45) is 23.2 Å². The maximum Gasteiger partial charge on any atom is 0.310 e. The first-order chi connectivity index (χ1) is 14.2. The summed E-state index contributed by atoms with van der Waals surface area (Å²) in [5, 5.41) is 11.1. The molecule has 3 aliphatic rings. The van der Waals surface area contributed by atoms with E-state index in [1.165, 1.54) is 18.4 Å². The van der Waals surface area contributed by atoms with Crippen molar-refractivity contribution in [3.8, 4) is 0 Å². The van der Waals surface area contributed by atoms with E-state index in [9.17, 15) is 9.90 Å². The Hall–Kier alpha value is -1.65. The number of fused-ring (bicyclic) bond motifs is 2. The monoisotopic (exact) mass is 411 g/mol. The number of likely N-dealkylation sites (N-methyl/N-ethyl adjacent to an activating group) is 1. The summed E-state index contributed by atoms with van der Waals surface area (Å²) in [6.07, 6.45) is 5.57. The fourth-order valence-corrected chi connectivity index (χ4v) is 6.37. The molecule has 2 saturated carbocycles. The van der Waals surface area contributed by atoms with Gasteiger partial charge in [-0.25, -0.2) is 0 Å². The van der Waals surface area contributed by atoms with Gasteiger partial charge in [0.05, 0.1) is 11.5 Å². The SMILES string of the molecule is C=C1CCC[C@@]2(C)C[C@@H]3OC(=O)[C@@H](CN(CC)C[C@@](C)(O)c4ccccc4)[C@H]3C[C@@H]12. The first kappa shape index (κ1) is 21.6. The molecule has 4 heteroatoms. The Morgan fingerprint density at radius 2 is 2.07 bits per heavy atom. The van der Waals surface area contributed by atoms with Crippen molar-refractivity contribution in [3.63, 3.8) is 0 Å². The van der Waals surface area contributed by atoms with E-state index in [2.05, 4.69) is 25.3 Å². The van der Waals surface area contributed by atoms with E-state index in [4.69, 9.17) is 4.74 Å². The van der Waals surface area contributed by atoms with Crippen LogP contribution < -0.4 is 0 Å². The Balaban J connectivity index is 1.48. The number of carbonyl (C=O) groups excluding carboxylic acids is 1. The molecule has 1 N–H and O–H groups in total. The van der Waals surface area contributed by atoms with Crippen LogP contribution in [0.1, 0.15) is 58.4 Å². The molecule has 0 radical (unpaired) electrons. The maximum absolute atomic E-state index is 12.9. The van der Waals surface area contributed by atoms with Gasteiger partial charge < -0.3 is 9.84 Å². The van der Waals surface area contributed by atoms with Crippen LogP contribution in [0.5, 0.6) is 0 Å². The highest BCUT2D eigenvalue weighted by Gasteiger charge is 2.55. The number of ether oxygens (including phenoxy) is 1.